The first-order chi connectivity index (χ1) is 20.9. The lowest BCUT2D eigenvalue weighted by atomic mass is 9.81. The number of hydrogen-bond acceptors (Lipinski definition) is 6. The second kappa shape index (κ2) is 14.7. The van der Waals surface area contributed by atoms with Crippen LogP contribution in [-0.2, 0) is 4.79 Å². The molecular weight excluding hydrogens is 595 g/mol. The molecule has 7 nitrogen and oxygen atoms in total. The number of aliphatic hydroxyl groups is 1. The molecule has 0 spiro atoms. The van der Waals surface area contributed by atoms with Crippen molar-refractivity contribution in [3.63, 3.8) is 0 Å². The molecular formula is C33H32F3NO6S. The number of halogens is 3. The van der Waals surface area contributed by atoms with E-state index in [0.717, 1.165) is 31.2 Å². The number of rotatable bonds is 12. The van der Waals surface area contributed by atoms with Gasteiger partial charge in [0.1, 0.15) is 0 Å². The van der Waals surface area contributed by atoms with Gasteiger partial charge in [0.15, 0.2) is 17.7 Å². The van der Waals surface area contributed by atoms with Crippen LogP contribution in [0.2, 0.25) is 0 Å². The quantitative estimate of drug-likeness (QED) is 0.150. The fourth-order valence-corrected chi connectivity index (χ4v) is 5.93. The van der Waals surface area contributed by atoms with E-state index in [4.69, 9.17) is 5.11 Å². The zero-order valence-corrected chi connectivity index (χ0v) is 24.5. The molecule has 1 amide bonds. The summed E-state index contributed by atoms with van der Waals surface area (Å²) in [7, 11) is 0. The predicted molar refractivity (Wildman–Crippen MR) is 159 cm³/mol. The van der Waals surface area contributed by atoms with E-state index in [2.05, 4.69) is 5.32 Å². The maximum atomic E-state index is 13.8. The van der Waals surface area contributed by atoms with Gasteiger partial charge in [0.2, 0.25) is 0 Å². The Balaban J connectivity index is 1.57. The standard InChI is InChI=1S/C33H32F3NO6S/c34-33(35,36)44-26-8-4-7-25(17-26)28(38)18-27(22-11-9-21(10-12-22)20-5-2-1-3-6-20)30(40)23-13-15-24(16-14-23)31(41)37-19-29(39)32(42)43/h4,7-17,20,27,29,39H,1-3,5-6,18-19H2,(H,37,41)(H,42,43)/t27?,29-/m1/s1. The fourth-order valence-electron chi connectivity index (χ4n) is 5.33. The number of carboxylic acids is 1. The highest BCUT2D eigenvalue weighted by Gasteiger charge is 2.30. The smallest absolute Gasteiger partial charge is 0.446 e. The monoisotopic (exact) mass is 627 g/mol. The van der Waals surface area contributed by atoms with E-state index >= 15 is 0 Å². The van der Waals surface area contributed by atoms with Gasteiger partial charge in [-0.25, -0.2) is 4.79 Å². The molecule has 1 fully saturated rings. The van der Waals surface area contributed by atoms with Gasteiger partial charge in [-0.1, -0.05) is 67.8 Å². The lowest BCUT2D eigenvalue weighted by Crippen LogP contribution is -2.36. The second-order valence-corrected chi connectivity index (χ2v) is 11.9. The van der Waals surface area contributed by atoms with Crippen LogP contribution in [0, 0.1) is 0 Å². The molecule has 0 aromatic heterocycles. The van der Waals surface area contributed by atoms with Gasteiger partial charge in [0, 0.05) is 28.0 Å². The number of alkyl halides is 3. The summed E-state index contributed by atoms with van der Waals surface area (Å²) in [5.41, 5.74) is -2.37. The van der Waals surface area contributed by atoms with E-state index in [0.29, 0.717) is 11.5 Å². The largest absolute Gasteiger partial charge is 0.479 e. The molecule has 0 radical (unpaired) electrons. The van der Waals surface area contributed by atoms with Gasteiger partial charge < -0.3 is 15.5 Å². The Morgan fingerprint density at radius 3 is 2.11 bits per heavy atom. The Labute approximate surface area is 256 Å². The third-order valence-corrected chi connectivity index (χ3v) is 8.40. The molecule has 1 aliphatic rings. The molecule has 2 atom stereocenters. The van der Waals surface area contributed by atoms with Crippen LogP contribution in [0.25, 0.3) is 0 Å². The van der Waals surface area contributed by atoms with E-state index in [-0.39, 0.29) is 39.8 Å². The molecule has 3 aromatic rings. The summed E-state index contributed by atoms with van der Waals surface area (Å²) in [5.74, 6) is -3.53. The molecule has 11 heteroatoms. The number of benzene rings is 3. The number of carbonyl (C=O) groups excluding carboxylic acids is 3. The van der Waals surface area contributed by atoms with E-state index < -0.39 is 47.5 Å². The number of aliphatic carboxylic acids is 1. The fraction of sp³-hybridized carbons (Fsp3) is 0.333. The number of nitrogens with one attached hydrogen (secondary N) is 1. The van der Waals surface area contributed by atoms with Gasteiger partial charge in [-0.15, -0.1) is 0 Å². The summed E-state index contributed by atoms with van der Waals surface area (Å²) in [6.45, 7) is -0.501. The van der Waals surface area contributed by atoms with Gasteiger partial charge in [0.25, 0.3) is 5.91 Å². The molecule has 232 valence electrons. The minimum Gasteiger partial charge on any atom is -0.479 e. The Morgan fingerprint density at radius 2 is 1.50 bits per heavy atom. The van der Waals surface area contributed by atoms with Crippen molar-refractivity contribution in [1.29, 1.82) is 0 Å². The van der Waals surface area contributed by atoms with Crippen LogP contribution < -0.4 is 5.32 Å². The Bertz CT molecular complexity index is 1480. The zero-order chi connectivity index (χ0) is 31.9. The first kappa shape index (κ1) is 32.9. The summed E-state index contributed by atoms with van der Waals surface area (Å²) >= 11 is -0.319. The highest BCUT2D eigenvalue weighted by Crippen LogP contribution is 2.38. The average molecular weight is 628 g/mol. The van der Waals surface area contributed by atoms with Crippen LogP contribution in [0.15, 0.2) is 77.7 Å². The number of thioether (sulfide) groups is 1. The van der Waals surface area contributed by atoms with Crippen molar-refractivity contribution in [3.05, 3.63) is 101 Å². The SMILES string of the molecule is O=C(CC(C(=O)c1ccc(C(=O)NC[C@@H](O)C(=O)O)cc1)c1ccc(C2CCCCC2)cc1)c1cccc(SC(F)(F)F)c1. The highest BCUT2D eigenvalue weighted by atomic mass is 32.2. The van der Waals surface area contributed by atoms with Crippen molar-refractivity contribution >= 4 is 35.2 Å². The van der Waals surface area contributed by atoms with Crippen LogP contribution in [0.1, 0.15) is 92.6 Å². The van der Waals surface area contributed by atoms with Crippen LogP contribution in [0.4, 0.5) is 13.2 Å². The van der Waals surface area contributed by atoms with E-state index in [9.17, 15) is 37.5 Å². The molecule has 0 bridgehead atoms. The Hall–Kier alpha value is -3.96. The van der Waals surface area contributed by atoms with E-state index in [1.54, 1.807) is 0 Å². The number of ketones is 2. The number of carbonyl (C=O) groups is 4. The van der Waals surface area contributed by atoms with Crippen molar-refractivity contribution in [3.8, 4) is 0 Å². The maximum absolute atomic E-state index is 13.8. The summed E-state index contributed by atoms with van der Waals surface area (Å²) < 4.78 is 38.8. The summed E-state index contributed by atoms with van der Waals surface area (Å²) in [6, 6.07) is 18.4. The van der Waals surface area contributed by atoms with Gasteiger partial charge in [0.05, 0.1) is 12.5 Å². The summed E-state index contributed by atoms with van der Waals surface area (Å²) in [6.07, 6.45) is 3.64. The van der Waals surface area contributed by atoms with Gasteiger partial charge in [-0.05, 0) is 65.9 Å². The first-order valence-corrected chi connectivity index (χ1v) is 15.0. The Morgan fingerprint density at radius 1 is 0.864 bits per heavy atom. The summed E-state index contributed by atoms with van der Waals surface area (Å²) in [5, 5.41) is 20.5. The van der Waals surface area contributed by atoms with E-state index in [1.807, 2.05) is 24.3 Å². The third kappa shape index (κ3) is 9.03. The van der Waals surface area contributed by atoms with Crippen molar-refractivity contribution in [1.82, 2.24) is 5.32 Å². The number of hydrogen-bond donors (Lipinski definition) is 3. The number of aliphatic hydroxyl groups excluding tert-OH is 1. The first-order valence-electron chi connectivity index (χ1n) is 14.2. The average Bonchev–Trinajstić information content (AvgIpc) is 3.01. The number of amides is 1. The molecule has 1 aliphatic carbocycles. The molecule has 0 aliphatic heterocycles. The highest BCUT2D eigenvalue weighted by molar-refractivity contribution is 8.00. The maximum Gasteiger partial charge on any atom is 0.446 e. The van der Waals surface area contributed by atoms with Crippen LogP contribution in [0.3, 0.4) is 0 Å². The van der Waals surface area contributed by atoms with Crippen LogP contribution in [-0.4, -0.2) is 51.8 Å². The zero-order valence-electron chi connectivity index (χ0n) is 23.7. The minimum absolute atomic E-state index is 0.0615. The number of carboxylic acid groups (broad SMARTS) is 1. The van der Waals surface area contributed by atoms with Crippen LogP contribution >= 0.6 is 11.8 Å². The lowest BCUT2D eigenvalue weighted by molar-refractivity contribution is -0.146. The lowest BCUT2D eigenvalue weighted by Gasteiger charge is -2.23. The van der Waals surface area contributed by atoms with Crippen molar-refractivity contribution in [2.45, 2.75) is 66.9 Å². The Kier molecular flexibility index (Phi) is 11.0. The second-order valence-electron chi connectivity index (χ2n) is 10.8. The normalized spacial score (nSPS) is 15.3. The van der Waals surface area contributed by atoms with E-state index in [1.165, 1.54) is 55.0 Å². The molecule has 3 N–H and O–H groups in total. The molecule has 3 aromatic carbocycles. The van der Waals surface area contributed by atoms with Crippen LogP contribution in [0.5, 0.6) is 0 Å². The van der Waals surface area contributed by atoms with Gasteiger partial charge in [-0.2, -0.15) is 13.2 Å². The minimum atomic E-state index is -4.51. The predicted octanol–water partition coefficient (Wildman–Crippen LogP) is 6.76. The molecule has 1 saturated carbocycles. The molecule has 1 unspecified atom stereocenters. The molecule has 0 heterocycles. The topological polar surface area (TPSA) is 121 Å². The van der Waals surface area contributed by atoms with Gasteiger partial charge in [-0.3, -0.25) is 14.4 Å². The molecule has 4 rings (SSSR count). The van der Waals surface area contributed by atoms with Crippen molar-refractivity contribution < 1.29 is 42.6 Å². The third-order valence-electron chi connectivity index (χ3n) is 7.68. The van der Waals surface area contributed by atoms with Gasteiger partial charge >= 0.3 is 11.5 Å². The molecule has 44 heavy (non-hydrogen) atoms. The van der Waals surface area contributed by atoms with Crippen molar-refractivity contribution in [2.24, 2.45) is 0 Å². The van der Waals surface area contributed by atoms with Crippen molar-refractivity contribution in [2.75, 3.05) is 6.54 Å². The summed E-state index contributed by atoms with van der Waals surface area (Å²) in [4.78, 5) is 50.2. The molecule has 0 saturated heterocycles. The number of Topliss-reactive ketones (excluding diaryl/α,β-unsaturated/α-hetero) is 2.